The fraction of sp³-hybridized carbons (Fsp3) is 0.308. The number of ether oxygens (including phenoxy) is 2. The van der Waals surface area contributed by atoms with Crippen molar-refractivity contribution in [1.29, 1.82) is 0 Å². The Hall–Kier alpha value is -2.35. The van der Waals surface area contributed by atoms with Crippen LogP contribution in [0.1, 0.15) is 29.5 Å². The first-order valence-corrected chi connectivity index (χ1v) is 5.37. The van der Waals surface area contributed by atoms with E-state index in [0.29, 0.717) is 12.3 Å². The molecular weight excluding hydrogens is 234 g/mol. The van der Waals surface area contributed by atoms with Gasteiger partial charge in [-0.3, -0.25) is 4.79 Å². The highest BCUT2D eigenvalue weighted by atomic mass is 16.5. The van der Waals surface area contributed by atoms with Gasteiger partial charge < -0.3 is 9.47 Å². The molecule has 94 valence electrons. The van der Waals surface area contributed by atoms with Gasteiger partial charge in [0.05, 0.1) is 13.7 Å². The summed E-state index contributed by atoms with van der Waals surface area (Å²) in [5, 5.41) is 0. The molecule has 0 unspecified atom stereocenters. The fourth-order valence-corrected chi connectivity index (χ4v) is 1.10. The Morgan fingerprint density at radius 1 is 1.39 bits per heavy atom. The molecule has 0 aliphatic heterocycles. The topological polar surface area (TPSA) is 65.5 Å². The molecular formula is C13H13NO4. The molecule has 0 aliphatic rings. The first-order chi connectivity index (χ1) is 8.67. The minimum atomic E-state index is -0.492. The van der Waals surface area contributed by atoms with Crippen molar-refractivity contribution >= 4 is 11.9 Å². The van der Waals surface area contributed by atoms with Gasteiger partial charge in [0.1, 0.15) is 17.8 Å². The molecule has 0 fully saturated rings. The van der Waals surface area contributed by atoms with Crippen LogP contribution >= 0.6 is 0 Å². The number of carbonyl (C=O) groups is 2. The summed E-state index contributed by atoms with van der Waals surface area (Å²) < 4.78 is 9.27. The molecule has 5 nitrogen and oxygen atoms in total. The number of hydrogen-bond acceptors (Lipinski definition) is 5. The lowest BCUT2D eigenvalue weighted by atomic mass is 10.3. The molecule has 0 N–H and O–H groups in total. The lowest BCUT2D eigenvalue weighted by molar-refractivity contribution is -0.139. The standard InChI is InChI=1S/C13H13NO4/c1-3-18-13(16)11-8-4-6-10(14-11)7-5-9-12(15)17-2/h4,6,8H,3,9H2,1-2H3. The van der Waals surface area contributed by atoms with Gasteiger partial charge >= 0.3 is 11.9 Å². The molecule has 0 aromatic carbocycles. The maximum Gasteiger partial charge on any atom is 0.356 e. The molecule has 0 bridgehead atoms. The third-order valence-corrected chi connectivity index (χ3v) is 1.91. The maximum absolute atomic E-state index is 11.4. The van der Waals surface area contributed by atoms with Crippen molar-refractivity contribution < 1.29 is 19.1 Å². The molecule has 0 radical (unpaired) electrons. The molecule has 5 heteroatoms. The van der Waals surface area contributed by atoms with Gasteiger partial charge in [-0.25, -0.2) is 9.78 Å². The Morgan fingerprint density at radius 3 is 2.83 bits per heavy atom. The van der Waals surface area contributed by atoms with Crippen LogP contribution in [0.15, 0.2) is 18.2 Å². The van der Waals surface area contributed by atoms with Crippen molar-refractivity contribution in [3.8, 4) is 11.8 Å². The van der Waals surface area contributed by atoms with E-state index in [9.17, 15) is 9.59 Å². The van der Waals surface area contributed by atoms with Gasteiger partial charge in [0.15, 0.2) is 0 Å². The van der Waals surface area contributed by atoms with Crippen LogP contribution in [0.2, 0.25) is 0 Å². The van der Waals surface area contributed by atoms with Crippen LogP contribution in [0, 0.1) is 11.8 Å². The highest BCUT2D eigenvalue weighted by Gasteiger charge is 2.07. The zero-order valence-corrected chi connectivity index (χ0v) is 10.2. The van der Waals surface area contributed by atoms with E-state index in [1.807, 2.05) is 0 Å². The van der Waals surface area contributed by atoms with Crippen LogP contribution in [0.25, 0.3) is 0 Å². The van der Waals surface area contributed by atoms with Gasteiger partial charge in [-0.2, -0.15) is 0 Å². The molecule has 0 saturated carbocycles. The van der Waals surface area contributed by atoms with Gasteiger partial charge in [0.25, 0.3) is 0 Å². The second-order valence-corrected chi connectivity index (χ2v) is 3.18. The van der Waals surface area contributed by atoms with Crippen molar-refractivity contribution in [2.24, 2.45) is 0 Å². The lowest BCUT2D eigenvalue weighted by Gasteiger charge is -2.00. The minimum Gasteiger partial charge on any atom is -0.468 e. The van der Waals surface area contributed by atoms with Crippen molar-refractivity contribution in [1.82, 2.24) is 4.98 Å². The lowest BCUT2D eigenvalue weighted by Crippen LogP contribution is -2.07. The zero-order chi connectivity index (χ0) is 13.4. The van der Waals surface area contributed by atoms with E-state index in [1.54, 1.807) is 25.1 Å². The van der Waals surface area contributed by atoms with E-state index in [2.05, 4.69) is 21.6 Å². The molecule has 0 saturated heterocycles. The number of esters is 2. The van der Waals surface area contributed by atoms with Crippen LogP contribution < -0.4 is 0 Å². The number of carbonyl (C=O) groups excluding carboxylic acids is 2. The predicted octanol–water partition coefficient (Wildman–Crippen LogP) is 1.17. The highest BCUT2D eigenvalue weighted by Crippen LogP contribution is 2.00. The van der Waals surface area contributed by atoms with Crippen molar-refractivity contribution in [2.45, 2.75) is 13.3 Å². The number of pyridine rings is 1. The Balaban J connectivity index is 2.76. The molecule has 0 amide bonds. The summed E-state index contributed by atoms with van der Waals surface area (Å²) in [7, 11) is 1.30. The van der Waals surface area contributed by atoms with Crippen LogP contribution in [0.5, 0.6) is 0 Å². The molecule has 1 aromatic heterocycles. The van der Waals surface area contributed by atoms with Crippen LogP contribution in [-0.4, -0.2) is 30.6 Å². The SMILES string of the molecule is CCOC(=O)c1cccc(C#CCC(=O)OC)n1. The van der Waals surface area contributed by atoms with Gasteiger partial charge in [-0.1, -0.05) is 12.0 Å². The average molecular weight is 247 g/mol. The third-order valence-electron chi connectivity index (χ3n) is 1.91. The summed E-state index contributed by atoms with van der Waals surface area (Å²) >= 11 is 0. The fourth-order valence-electron chi connectivity index (χ4n) is 1.10. The average Bonchev–Trinajstić information content (AvgIpc) is 2.39. The van der Waals surface area contributed by atoms with Gasteiger partial charge in [0, 0.05) is 0 Å². The van der Waals surface area contributed by atoms with Gasteiger partial charge in [0.2, 0.25) is 0 Å². The number of rotatable bonds is 3. The predicted molar refractivity (Wildman–Crippen MR) is 63.7 cm³/mol. The Bertz CT molecular complexity index is 499. The third kappa shape index (κ3) is 4.26. The summed E-state index contributed by atoms with van der Waals surface area (Å²) in [6.07, 6.45) is -0.0121. The normalized spacial score (nSPS) is 9.00. The summed E-state index contributed by atoms with van der Waals surface area (Å²) in [5.41, 5.74) is 0.603. The molecule has 0 spiro atoms. The van der Waals surface area contributed by atoms with Crippen LogP contribution in [0.4, 0.5) is 0 Å². The second-order valence-electron chi connectivity index (χ2n) is 3.18. The minimum absolute atomic E-state index is 0.0121. The number of hydrogen-bond donors (Lipinski definition) is 0. The van der Waals surface area contributed by atoms with E-state index in [1.165, 1.54) is 7.11 Å². The smallest absolute Gasteiger partial charge is 0.356 e. The van der Waals surface area contributed by atoms with E-state index >= 15 is 0 Å². The number of methoxy groups -OCH3 is 1. The van der Waals surface area contributed by atoms with Crippen molar-refractivity contribution in [2.75, 3.05) is 13.7 Å². The Labute approximate surface area is 105 Å². The summed E-state index contributed by atoms with van der Waals surface area (Å²) in [4.78, 5) is 26.3. The maximum atomic E-state index is 11.4. The van der Waals surface area contributed by atoms with E-state index in [0.717, 1.165) is 0 Å². The molecule has 1 rings (SSSR count). The van der Waals surface area contributed by atoms with Crippen molar-refractivity contribution in [3.05, 3.63) is 29.6 Å². The number of nitrogens with zero attached hydrogens (tertiary/aromatic N) is 1. The van der Waals surface area contributed by atoms with Crippen LogP contribution in [-0.2, 0) is 14.3 Å². The molecule has 1 aromatic rings. The Kier molecular flexibility index (Phi) is 5.39. The quantitative estimate of drug-likeness (QED) is 0.592. The first-order valence-electron chi connectivity index (χ1n) is 5.37. The van der Waals surface area contributed by atoms with Crippen molar-refractivity contribution in [3.63, 3.8) is 0 Å². The van der Waals surface area contributed by atoms with Gasteiger partial charge in [-0.05, 0) is 25.0 Å². The van der Waals surface area contributed by atoms with Crippen LogP contribution in [0.3, 0.4) is 0 Å². The molecule has 0 aliphatic carbocycles. The van der Waals surface area contributed by atoms with E-state index in [4.69, 9.17) is 4.74 Å². The number of aromatic nitrogens is 1. The zero-order valence-electron chi connectivity index (χ0n) is 10.2. The molecule has 18 heavy (non-hydrogen) atoms. The molecule has 0 atom stereocenters. The van der Waals surface area contributed by atoms with E-state index < -0.39 is 11.9 Å². The van der Waals surface area contributed by atoms with E-state index in [-0.39, 0.29) is 12.1 Å². The summed E-state index contributed by atoms with van der Waals surface area (Å²) in [6, 6.07) is 4.85. The monoisotopic (exact) mass is 247 g/mol. The van der Waals surface area contributed by atoms with Gasteiger partial charge in [-0.15, -0.1) is 0 Å². The largest absolute Gasteiger partial charge is 0.468 e. The molecule has 1 heterocycles. The Morgan fingerprint density at radius 2 is 2.17 bits per heavy atom. The second kappa shape index (κ2) is 7.07. The highest BCUT2D eigenvalue weighted by molar-refractivity contribution is 5.87. The first kappa shape index (κ1) is 13.7. The summed E-state index contributed by atoms with van der Waals surface area (Å²) in [6.45, 7) is 2.01. The summed E-state index contributed by atoms with van der Waals surface area (Å²) in [5.74, 6) is 4.38.